The van der Waals surface area contributed by atoms with Crippen molar-refractivity contribution in [1.82, 2.24) is 5.48 Å². The number of carbonyl (C=O) groups excluding carboxylic acids is 1. The Morgan fingerprint density at radius 1 is 1.50 bits per heavy atom. The van der Waals surface area contributed by atoms with Gasteiger partial charge < -0.3 is 9.32 Å². The number of rotatable bonds is 5. The summed E-state index contributed by atoms with van der Waals surface area (Å²) < 4.78 is 0.818. The van der Waals surface area contributed by atoms with Crippen LogP contribution in [-0.4, -0.2) is 44.2 Å². The second-order valence-corrected chi connectivity index (χ2v) is 4.66. The topological polar surface area (TPSA) is 38.3 Å². The van der Waals surface area contributed by atoms with Crippen molar-refractivity contribution in [2.45, 2.75) is 19.9 Å². The van der Waals surface area contributed by atoms with Gasteiger partial charge >= 0.3 is 5.97 Å². The third-order valence-electron chi connectivity index (χ3n) is 1.52. The first-order valence-corrected chi connectivity index (χ1v) is 4.65. The van der Waals surface area contributed by atoms with Gasteiger partial charge in [-0.25, -0.2) is 4.79 Å². The van der Waals surface area contributed by atoms with E-state index in [0.717, 1.165) is 11.0 Å². The molecule has 0 saturated carbocycles. The van der Waals surface area contributed by atoms with Gasteiger partial charge in [0.05, 0.1) is 33.7 Å². The summed E-state index contributed by atoms with van der Waals surface area (Å²) in [5.41, 5.74) is 3.09. The second kappa shape index (κ2) is 5.12. The molecule has 0 saturated heterocycles. The number of hydrogen-bond donors (Lipinski definition) is 1. The lowest BCUT2D eigenvalue weighted by molar-refractivity contribution is -0.871. The number of nitrogens with zero attached hydrogens (tertiary/aromatic N) is 1. The first kappa shape index (κ1) is 13.1. The molecular weight excluding hydrogens is 180 g/mol. The molecule has 0 radical (unpaired) electrons. The summed E-state index contributed by atoms with van der Waals surface area (Å²) in [6.07, 6.45) is 0. The Hall–Kier alpha value is -0.870. The Morgan fingerprint density at radius 3 is 2.36 bits per heavy atom. The van der Waals surface area contributed by atoms with Crippen molar-refractivity contribution in [3.8, 4) is 0 Å². The summed E-state index contributed by atoms with van der Waals surface area (Å²) >= 11 is 0. The van der Waals surface area contributed by atoms with Crippen molar-refractivity contribution in [3.05, 3.63) is 12.2 Å². The Labute approximate surface area is 86.1 Å². The first-order valence-electron chi connectivity index (χ1n) is 4.65. The summed E-state index contributed by atoms with van der Waals surface area (Å²) in [6, 6.07) is 0.123. The van der Waals surface area contributed by atoms with E-state index in [-0.39, 0.29) is 6.04 Å². The molecule has 82 valence electrons. The minimum atomic E-state index is -0.404. The average Bonchev–Trinajstić information content (AvgIpc) is 1.96. The molecule has 1 unspecified atom stereocenters. The molecule has 1 atom stereocenters. The van der Waals surface area contributed by atoms with Crippen molar-refractivity contribution in [3.63, 3.8) is 0 Å². The number of nitrogens with one attached hydrogen (secondary N) is 1. The number of likely N-dealkylation sites (N-methyl/N-ethyl adjacent to an activating group) is 1. The summed E-state index contributed by atoms with van der Waals surface area (Å²) in [6.45, 7) is 7.95. The molecule has 0 bridgehead atoms. The number of quaternary nitrogens is 1. The highest BCUT2D eigenvalue weighted by Crippen LogP contribution is 1.96. The molecule has 0 aliphatic rings. The molecule has 0 aromatic heterocycles. The fraction of sp³-hybridized carbons (Fsp3) is 0.700. The monoisotopic (exact) mass is 201 g/mol. The molecule has 0 spiro atoms. The largest absolute Gasteiger partial charge is 0.367 e. The van der Waals surface area contributed by atoms with Gasteiger partial charge in [-0.05, 0) is 13.8 Å². The van der Waals surface area contributed by atoms with E-state index in [1.165, 1.54) is 0 Å². The minimum Gasteiger partial charge on any atom is -0.367 e. The summed E-state index contributed by atoms with van der Waals surface area (Å²) in [4.78, 5) is 15.8. The van der Waals surface area contributed by atoms with E-state index in [4.69, 9.17) is 4.84 Å². The zero-order valence-corrected chi connectivity index (χ0v) is 9.76. The van der Waals surface area contributed by atoms with Gasteiger partial charge in [0.2, 0.25) is 0 Å². The quantitative estimate of drug-likeness (QED) is 0.404. The van der Waals surface area contributed by atoms with Crippen LogP contribution in [0.1, 0.15) is 13.8 Å². The minimum absolute atomic E-state index is 0.123. The summed E-state index contributed by atoms with van der Waals surface area (Å²) in [5, 5.41) is 0. The zero-order chi connectivity index (χ0) is 11.4. The third kappa shape index (κ3) is 6.62. The smallest absolute Gasteiger partial charge is 0.351 e. The normalized spacial score (nSPS) is 13.5. The van der Waals surface area contributed by atoms with E-state index >= 15 is 0 Å². The van der Waals surface area contributed by atoms with Gasteiger partial charge in [0.15, 0.2) is 0 Å². The molecule has 1 N–H and O–H groups in total. The standard InChI is InChI=1S/C10H21N2O2/c1-8(2)10(13)14-11-9(3)7-12(4,5)6/h9,11H,1,7H2,2-6H3/q+1. The van der Waals surface area contributed by atoms with Crippen LogP contribution in [-0.2, 0) is 9.63 Å². The van der Waals surface area contributed by atoms with Crippen molar-refractivity contribution in [2.75, 3.05) is 27.7 Å². The van der Waals surface area contributed by atoms with Crippen LogP contribution in [0.15, 0.2) is 12.2 Å². The van der Waals surface area contributed by atoms with E-state index in [9.17, 15) is 4.79 Å². The fourth-order valence-electron chi connectivity index (χ4n) is 1.10. The molecule has 0 rings (SSSR count). The number of hydroxylamine groups is 1. The van der Waals surface area contributed by atoms with Gasteiger partial charge in [-0.1, -0.05) is 6.58 Å². The highest BCUT2D eigenvalue weighted by atomic mass is 16.7. The number of hydrogen-bond acceptors (Lipinski definition) is 3. The van der Waals surface area contributed by atoms with Crippen LogP contribution in [0.25, 0.3) is 0 Å². The van der Waals surface area contributed by atoms with Crippen LogP contribution >= 0.6 is 0 Å². The SMILES string of the molecule is C=C(C)C(=O)ONC(C)C[N+](C)(C)C. The Kier molecular flexibility index (Phi) is 4.80. The molecule has 4 heteroatoms. The van der Waals surface area contributed by atoms with E-state index in [1.807, 2.05) is 6.92 Å². The number of carbonyl (C=O) groups is 1. The summed E-state index contributed by atoms with van der Waals surface area (Å²) in [5.74, 6) is -0.404. The molecule has 4 nitrogen and oxygen atoms in total. The molecular formula is C10H21N2O2+. The molecule has 0 aliphatic carbocycles. The van der Waals surface area contributed by atoms with Crippen molar-refractivity contribution in [1.29, 1.82) is 0 Å². The van der Waals surface area contributed by atoms with Crippen molar-refractivity contribution >= 4 is 5.97 Å². The van der Waals surface area contributed by atoms with Gasteiger partial charge in [0.1, 0.15) is 0 Å². The first-order chi connectivity index (χ1) is 6.22. The van der Waals surface area contributed by atoms with Crippen molar-refractivity contribution < 1.29 is 14.1 Å². The zero-order valence-electron chi connectivity index (χ0n) is 9.76. The van der Waals surface area contributed by atoms with E-state index in [0.29, 0.717) is 5.57 Å². The van der Waals surface area contributed by atoms with E-state index < -0.39 is 5.97 Å². The van der Waals surface area contributed by atoms with E-state index in [1.54, 1.807) is 6.92 Å². The van der Waals surface area contributed by atoms with Gasteiger partial charge in [-0.15, -0.1) is 5.48 Å². The average molecular weight is 201 g/mol. The maximum atomic E-state index is 11.0. The van der Waals surface area contributed by atoms with Crippen LogP contribution in [0.4, 0.5) is 0 Å². The van der Waals surface area contributed by atoms with Crippen LogP contribution < -0.4 is 5.48 Å². The molecule has 0 aliphatic heterocycles. The lowest BCUT2D eigenvalue weighted by Crippen LogP contribution is -2.46. The maximum Gasteiger partial charge on any atom is 0.351 e. The highest BCUT2D eigenvalue weighted by Gasteiger charge is 2.15. The molecule has 0 amide bonds. The predicted octanol–water partition coefficient (Wildman–Crippen LogP) is 0.705. The van der Waals surface area contributed by atoms with E-state index in [2.05, 4.69) is 33.2 Å². The molecule has 0 heterocycles. The van der Waals surface area contributed by atoms with Gasteiger partial charge in [-0.3, -0.25) is 0 Å². The maximum absolute atomic E-state index is 11.0. The lowest BCUT2D eigenvalue weighted by atomic mass is 10.3. The highest BCUT2D eigenvalue weighted by molar-refractivity contribution is 5.86. The molecule has 0 fully saturated rings. The summed E-state index contributed by atoms with van der Waals surface area (Å²) in [7, 11) is 6.25. The predicted molar refractivity (Wildman–Crippen MR) is 56.4 cm³/mol. The van der Waals surface area contributed by atoms with Gasteiger partial charge in [-0.2, -0.15) is 0 Å². The van der Waals surface area contributed by atoms with Crippen LogP contribution in [0.5, 0.6) is 0 Å². The fourth-order valence-corrected chi connectivity index (χ4v) is 1.10. The van der Waals surface area contributed by atoms with Gasteiger partial charge in [0, 0.05) is 5.57 Å². The third-order valence-corrected chi connectivity index (χ3v) is 1.52. The Morgan fingerprint density at radius 2 is 2.00 bits per heavy atom. The van der Waals surface area contributed by atoms with Crippen LogP contribution in [0.2, 0.25) is 0 Å². The molecule has 14 heavy (non-hydrogen) atoms. The Balaban J connectivity index is 3.80. The van der Waals surface area contributed by atoms with Crippen LogP contribution in [0, 0.1) is 0 Å². The Bertz CT molecular complexity index is 219. The van der Waals surface area contributed by atoms with Gasteiger partial charge in [0.25, 0.3) is 0 Å². The second-order valence-electron chi connectivity index (χ2n) is 4.66. The van der Waals surface area contributed by atoms with Crippen molar-refractivity contribution in [2.24, 2.45) is 0 Å². The molecule has 0 aromatic carbocycles. The molecule has 0 aromatic rings. The lowest BCUT2D eigenvalue weighted by Gasteiger charge is -2.27. The van der Waals surface area contributed by atoms with Crippen LogP contribution in [0.3, 0.4) is 0 Å².